The lowest BCUT2D eigenvalue weighted by molar-refractivity contribution is -0.109. The maximum atomic E-state index is 13.9. The average molecular weight is 402 g/mol. The van der Waals surface area contributed by atoms with E-state index in [0.717, 1.165) is 17.7 Å². The smallest absolute Gasteiger partial charge is 0.255 e. The van der Waals surface area contributed by atoms with Gasteiger partial charge in [0.25, 0.3) is 5.91 Å². The lowest BCUT2D eigenvalue weighted by Gasteiger charge is -2.11. The van der Waals surface area contributed by atoms with Gasteiger partial charge in [-0.2, -0.15) is 9.61 Å². The molecule has 0 fully saturated rings. The van der Waals surface area contributed by atoms with Crippen molar-refractivity contribution in [2.75, 3.05) is 13.1 Å². The second kappa shape index (κ2) is 8.68. The van der Waals surface area contributed by atoms with Crippen molar-refractivity contribution in [2.45, 2.75) is 20.5 Å². The monoisotopic (exact) mass is 402 g/mol. The molecule has 9 heteroatoms. The van der Waals surface area contributed by atoms with Gasteiger partial charge >= 0.3 is 0 Å². The summed E-state index contributed by atoms with van der Waals surface area (Å²) in [5.74, 6) is -1.49. The van der Waals surface area contributed by atoms with E-state index >= 15 is 0 Å². The van der Waals surface area contributed by atoms with E-state index in [-0.39, 0.29) is 30.5 Å². The highest BCUT2D eigenvalue weighted by Crippen LogP contribution is 2.24. The average Bonchev–Trinajstić information content (AvgIpc) is 3.00. The number of benzene rings is 1. The van der Waals surface area contributed by atoms with Crippen LogP contribution in [0.15, 0.2) is 30.3 Å². The van der Waals surface area contributed by atoms with Crippen LogP contribution in [0.4, 0.5) is 8.78 Å². The number of nitrogens with one attached hydrogen (secondary N) is 2. The largest absolute Gasteiger partial charge is 0.473 e. The minimum Gasteiger partial charge on any atom is -0.473 e. The van der Waals surface area contributed by atoms with E-state index < -0.39 is 11.6 Å². The number of halogens is 2. The standard InChI is InChI=1S/C20H20F2N4O3/c1-12-8-17-19(20(28)24-7-6-23-11-27)13(2)25-26(17)18(9-12)29-10-14-15(21)4-3-5-16(14)22/h3-5,8-9,11H,6-7,10H2,1-2H3,(H,23,27)(H,24,28). The van der Waals surface area contributed by atoms with Crippen LogP contribution in [-0.4, -0.2) is 35.0 Å². The van der Waals surface area contributed by atoms with Crippen molar-refractivity contribution in [3.63, 3.8) is 0 Å². The number of pyridine rings is 1. The van der Waals surface area contributed by atoms with Crippen molar-refractivity contribution in [3.05, 3.63) is 64.4 Å². The molecule has 3 aromatic rings. The van der Waals surface area contributed by atoms with E-state index in [1.165, 1.54) is 10.6 Å². The summed E-state index contributed by atoms with van der Waals surface area (Å²) >= 11 is 0. The first-order valence-corrected chi connectivity index (χ1v) is 8.93. The summed E-state index contributed by atoms with van der Waals surface area (Å²) in [6, 6.07) is 7.05. The maximum absolute atomic E-state index is 13.9. The second-order valence-corrected chi connectivity index (χ2v) is 6.45. The van der Waals surface area contributed by atoms with Gasteiger partial charge in [0.2, 0.25) is 12.3 Å². The van der Waals surface area contributed by atoms with Gasteiger partial charge in [-0.15, -0.1) is 0 Å². The zero-order chi connectivity index (χ0) is 21.0. The van der Waals surface area contributed by atoms with E-state index in [1.807, 2.05) is 6.92 Å². The first kappa shape index (κ1) is 20.2. The third-order valence-corrected chi connectivity index (χ3v) is 4.31. The lowest BCUT2D eigenvalue weighted by atomic mass is 10.1. The number of ether oxygens (including phenoxy) is 1. The number of nitrogens with zero attached hydrogens (tertiary/aromatic N) is 2. The van der Waals surface area contributed by atoms with Crippen LogP contribution in [-0.2, 0) is 11.4 Å². The van der Waals surface area contributed by atoms with Crippen molar-refractivity contribution in [2.24, 2.45) is 0 Å². The summed E-state index contributed by atoms with van der Waals surface area (Å²) in [5.41, 5.74) is 1.94. The van der Waals surface area contributed by atoms with Gasteiger partial charge in [-0.25, -0.2) is 8.78 Å². The quantitative estimate of drug-likeness (QED) is 0.447. The Bertz CT molecular complexity index is 1050. The SMILES string of the molecule is Cc1cc(OCc2c(F)cccc2F)n2nc(C)c(C(=O)NCCNC=O)c2c1. The lowest BCUT2D eigenvalue weighted by Crippen LogP contribution is -2.31. The molecule has 2 N–H and O–H groups in total. The highest BCUT2D eigenvalue weighted by Gasteiger charge is 2.20. The van der Waals surface area contributed by atoms with Gasteiger partial charge in [0.05, 0.1) is 22.3 Å². The van der Waals surface area contributed by atoms with Gasteiger partial charge in [-0.1, -0.05) is 6.07 Å². The third kappa shape index (κ3) is 4.34. The number of amides is 2. The molecule has 3 rings (SSSR count). The number of fused-ring (bicyclic) bond motifs is 1. The van der Waals surface area contributed by atoms with E-state index in [9.17, 15) is 18.4 Å². The van der Waals surface area contributed by atoms with Gasteiger partial charge in [0.15, 0.2) is 0 Å². The van der Waals surface area contributed by atoms with Crippen LogP contribution in [0.25, 0.3) is 5.52 Å². The molecule has 0 aliphatic carbocycles. The van der Waals surface area contributed by atoms with Crippen LogP contribution in [0.1, 0.15) is 27.2 Å². The number of hydrogen-bond acceptors (Lipinski definition) is 4. The molecule has 2 amide bonds. The van der Waals surface area contributed by atoms with Gasteiger partial charge in [-0.05, 0) is 37.6 Å². The van der Waals surface area contributed by atoms with Crippen molar-refractivity contribution in [3.8, 4) is 5.88 Å². The highest BCUT2D eigenvalue weighted by molar-refractivity contribution is 6.02. The molecule has 0 saturated heterocycles. The van der Waals surface area contributed by atoms with E-state index in [0.29, 0.717) is 29.7 Å². The molecule has 0 unspecified atom stereocenters. The van der Waals surface area contributed by atoms with Gasteiger partial charge < -0.3 is 15.4 Å². The molecule has 7 nitrogen and oxygen atoms in total. The molecule has 0 saturated carbocycles. The van der Waals surface area contributed by atoms with Crippen molar-refractivity contribution < 1.29 is 23.1 Å². The normalized spacial score (nSPS) is 10.8. The molecule has 0 spiro atoms. The number of rotatable bonds is 8. The fraction of sp³-hybridized carbons (Fsp3) is 0.250. The first-order chi connectivity index (χ1) is 13.9. The fourth-order valence-electron chi connectivity index (χ4n) is 2.95. The molecule has 0 atom stereocenters. The Morgan fingerprint density at radius 2 is 1.93 bits per heavy atom. The van der Waals surface area contributed by atoms with Crippen LogP contribution in [0.5, 0.6) is 5.88 Å². The summed E-state index contributed by atoms with van der Waals surface area (Å²) in [7, 11) is 0. The Kier molecular flexibility index (Phi) is 6.06. The maximum Gasteiger partial charge on any atom is 0.255 e. The zero-order valence-electron chi connectivity index (χ0n) is 16.0. The Labute approximate surface area is 165 Å². The van der Waals surface area contributed by atoms with Gasteiger partial charge in [0.1, 0.15) is 18.2 Å². The number of carbonyl (C=O) groups is 2. The third-order valence-electron chi connectivity index (χ3n) is 4.31. The Morgan fingerprint density at radius 1 is 1.21 bits per heavy atom. The second-order valence-electron chi connectivity index (χ2n) is 6.45. The molecule has 0 aliphatic heterocycles. The first-order valence-electron chi connectivity index (χ1n) is 8.93. The Morgan fingerprint density at radius 3 is 2.62 bits per heavy atom. The van der Waals surface area contributed by atoms with Gasteiger partial charge in [0, 0.05) is 19.2 Å². The molecule has 29 heavy (non-hydrogen) atoms. The molecule has 152 valence electrons. The number of hydrogen-bond donors (Lipinski definition) is 2. The highest BCUT2D eigenvalue weighted by atomic mass is 19.1. The van der Waals surface area contributed by atoms with Crippen LogP contribution in [0.3, 0.4) is 0 Å². The van der Waals surface area contributed by atoms with Crippen LogP contribution < -0.4 is 15.4 Å². The van der Waals surface area contributed by atoms with Crippen molar-refractivity contribution in [1.82, 2.24) is 20.2 Å². The topological polar surface area (TPSA) is 84.7 Å². The van der Waals surface area contributed by atoms with E-state index in [1.54, 1.807) is 19.1 Å². The predicted octanol–water partition coefficient (Wildman–Crippen LogP) is 2.28. The number of aryl methyl sites for hydroxylation is 2. The number of aromatic nitrogens is 2. The molecule has 1 aromatic carbocycles. The summed E-state index contributed by atoms with van der Waals surface area (Å²) in [4.78, 5) is 22.9. The summed E-state index contributed by atoms with van der Waals surface area (Å²) in [6.07, 6.45) is 0.554. The number of carbonyl (C=O) groups excluding carboxylic acids is 2. The molecule has 2 aromatic heterocycles. The molecule has 0 bridgehead atoms. The molecule has 2 heterocycles. The minimum atomic E-state index is -0.699. The summed E-state index contributed by atoms with van der Waals surface area (Å²) < 4.78 is 34.8. The molecule has 0 radical (unpaired) electrons. The van der Waals surface area contributed by atoms with E-state index in [2.05, 4.69) is 15.7 Å². The van der Waals surface area contributed by atoms with E-state index in [4.69, 9.17) is 4.74 Å². The molecule has 0 aliphatic rings. The van der Waals surface area contributed by atoms with Crippen LogP contribution >= 0.6 is 0 Å². The van der Waals surface area contributed by atoms with Crippen LogP contribution in [0.2, 0.25) is 0 Å². The van der Waals surface area contributed by atoms with Crippen molar-refractivity contribution in [1.29, 1.82) is 0 Å². The summed E-state index contributed by atoms with van der Waals surface area (Å²) in [5, 5.41) is 9.52. The zero-order valence-corrected chi connectivity index (χ0v) is 16.0. The fourth-order valence-corrected chi connectivity index (χ4v) is 2.95. The Hall–Kier alpha value is -3.49. The Balaban J connectivity index is 1.90. The molecular formula is C20H20F2N4O3. The van der Waals surface area contributed by atoms with Crippen LogP contribution in [0, 0.1) is 25.5 Å². The minimum absolute atomic E-state index is 0.188. The van der Waals surface area contributed by atoms with Crippen molar-refractivity contribution >= 4 is 17.8 Å². The predicted molar refractivity (Wildman–Crippen MR) is 102 cm³/mol. The summed E-state index contributed by atoms with van der Waals surface area (Å²) in [6.45, 7) is 3.73. The van der Waals surface area contributed by atoms with Gasteiger partial charge in [-0.3, -0.25) is 9.59 Å². The molecular weight excluding hydrogens is 382 g/mol.